The van der Waals surface area contributed by atoms with Gasteiger partial charge in [-0.15, -0.1) is 0 Å². The molecule has 0 radical (unpaired) electrons. The van der Waals surface area contributed by atoms with Crippen molar-refractivity contribution >= 4 is 20.9 Å². The number of aromatic amines is 1. The summed E-state index contributed by atoms with van der Waals surface area (Å²) in [6.45, 7) is 3.83. The highest BCUT2D eigenvalue weighted by Gasteiger charge is 2.38. The van der Waals surface area contributed by atoms with Crippen molar-refractivity contribution in [2.75, 3.05) is 6.54 Å². The molecular weight excluding hydrogens is 338 g/mol. The van der Waals surface area contributed by atoms with Crippen molar-refractivity contribution in [1.82, 2.24) is 14.4 Å². The number of benzene rings is 1. The van der Waals surface area contributed by atoms with Crippen LogP contribution in [0.1, 0.15) is 42.5 Å². The van der Waals surface area contributed by atoms with Crippen molar-refractivity contribution in [1.29, 1.82) is 0 Å². The van der Waals surface area contributed by atoms with Gasteiger partial charge in [-0.1, -0.05) is 29.8 Å². The van der Waals surface area contributed by atoms with E-state index in [-0.39, 0.29) is 10.9 Å². The first kappa shape index (κ1) is 16.4. The summed E-state index contributed by atoms with van der Waals surface area (Å²) < 4.78 is 33.3. The molecule has 4 rings (SSSR count). The van der Waals surface area contributed by atoms with Gasteiger partial charge < -0.3 is 9.51 Å². The fraction of sp³-hybridized carbons (Fsp3) is 0.389. The molecule has 1 aliphatic rings. The molecule has 0 saturated carbocycles. The molecule has 3 heterocycles. The minimum atomic E-state index is -3.66. The second-order valence-electron chi connectivity index (χ2n) is 6.59. The molecule has 1 fully saturated rings. The Labute approximate surface area is 146 Å². The van der Waals surface area contributed by atoms with Gasteiger partial charge in [-0.2, -0.15) is 4.31 Å². The summed E-state index contributed by atoms with van der Waals surface area (Å²) in [5, 5.41) is 4.92. The number of para-hydroxylation sites is 1. The lowest BCUT2D eigenvalue weighted by Gasteiger charge is -2.34. The average molecular weight is 359 g/mol. The van der Waals surface area contributed by atoms with E-state index in [9.17, 15) is 8.42 Å². The lowest BCUT2D eigenvalue weighted by Crippen LogP contribution is -2.39. The smallest absolute Gasteiger partial charge is 0.249 e. The number of hydrogen-bond acceptors (Lipinski definition) is 4. The van der Waals surface area contributed by atoms with Gasteiger partial charge in [-0.05, 0) is 44.2 Å². The van der Waals surface area contributed by atoms with Crippen LogP contribution in [0.5, 0.6) is 0 Å². The first-order valence-corrected chi connectivity index (χ1v) is 9.95. The third-order valence-corrected chi connectivity index (χ3v) is 7.05. The number of fused-ring (bicyclic) bond motifs is 1. The summed E-state index contributed by atoms with van der Waals surface area (Å²) in [5.41, 5.74) is 2.38. The molecule has 1 N–H and O–H groups in total. The Kier molecular flexibility index (Phi) is 3.92. The first-order valence-electron chi connectivity index (χ1n) is 8.51. The van der Waals surface area contributed by atoms with E-state index in [2.05, 4.69) is 16.2 Å². The highest BCUT2D eigenvalue weighted by molar-refractivity contribution is 7.89. The molecule has 1 unspecified atom stereocenters. The third kappa shape index (κ3) is 2.67. The van der Waals surface area contributed by atoms with E-state index in [0.29, 0.717) is 18.0 Å². The van der Waals surface area contributed by atoms with Crippen LogP contribution < -0.4 is 0 Å². The summed E-state index contributed by atoms with van der Waals surface area (Å²) in [6, 6.07) is 9.86. The maximum atomic E-state index is 13.3. The lowest BCUT2D eigenvalue weighted by molar-refractivity contribution is 0.252. The SMILES string of the molecule is Cc1noc(C)c1S(=O)(=O)N1CCCCC1c1cc2ccccc2[nH]1. The van der Waals surface area contributed by atoms with Gasteiger partial charge in [0, 0.05) is 17.8 Å². The molecule has 0 amide bonds. The Morgan fingerprint density at radius 3 is 2.76 bits per heavy atom. The zero-order valence-corrected chi connectivity index (χ0v) is 15.1. The molecule has 0 spiro atoms. The van der Waals surface area contributed by atoms with Gasteiger partial charge in [-0.25, -0.2) is 8.42 Å². The Bertz CT molecular complexity index is 967. The number of hydrogen-bond donors (Lipinski definition) is 1. The van der Waals surface area contributed by atoms with Crippen molar-refractivity contribution < 1.29 is 12.9 Å². The second kappa shape index (κ2) is 6.00. The topological polar surface area (TPSA) is 79.2 Å². The normalized spacial score (nSPS) is 19.5. The van der Waals surface area contributed by atoms with Crippen LogP contribution >= 0.6 is 0 Å². The molecule has 2 aromatic heterocycles. The fourth-order valence-electron chi connectivity index (χ4n) is 3.74. The molecule has 1 aliphatic heterocycles. The van der Waals surface area contributed by atoms with E-state index in [1.54, 1.807) is 18.2 Å². The van der Waals surface area contributed by atoms with Gasteiger partial charge in [0.15, 0.2) is 5.76 Å². The van der Waals surface area contributed by atoms with Gasteiger partial charge in [0.25, 0.3) is 0 Å². The molecule has 3 aromatic rings. The van der Waals surface area contributed by atoms with Crippen molar-refractivity contribution in [2.24, 2.45) is 0 Å². The Morgan fingerprint density at radius 1 is 1.24 bits per heavy atom. The van der Waals surface area contributed by atoms with Crippen molar-refractivity contribution in [2.45, 2.75) is 44.0 Å². The van der Waals surface area contributed by atoms with E-state index in [1.165, 1.54) is 0 Å². The van der Waals surface area contributed by atoms with Crippen LogP contribution in [0.2, 0.25) is 0 Å². The molecular formula is C18H21N3O3S. The van der Waals surface area contributed by atoms with Gasteiger partial charge in [0.2, 0.25) is 10.0 Å². The number of aromatic nitrogens is 2. The highest BCUT2D eigenvalue weighted by atomic mass is 32.2. The minimum Gasteiger partial charge on any atom is -0.360 e. The van der Waals surface area contributed by atoms with Crippen LogP contribution in [-0.2, 0) is 10.0 Å². The van der Waals surface area contributed by atoms with Crippen LogP contribution in [-0.4, -0.2) is 29.4 Å². The maximum Gasteiger partial charge on any atom is 0.249 e. The summed E-state index contributed by atoms with van der Waals surface area (Å²) in [4.78, 5) is 3.60. The van der Waals surface area contributed by atoms with E-state index in [1.807, 2.05) is 24.3 Å². The van der Waals surface area contributed by atoms with E-state index < -0.39 is 10.0 Å². The summed E-state index contributed by atoms with van der Waals surface area (Å²) in [6.07, 6.45) is 2.67. The van der Waals surface area contributed by atoms with Crippen LogP contribution in [0.3, 0.4) is 0 Å². The number of nitrogens with one attached hydrogen (secondary N) is 1. The summed E-state index contributed by atoms with van der Waals surface area (Å²) >= 11 is 0. The monoisotopic (exact) mass is 359 g/mol. The maximum absolute atomic E-state index is 13.3. The zero-order chi connectivity index (χ0) is 17.6. The number of nitrogens with zero attached hydrogens (tertiary/aromatic N) is 2. The van der Waals surface area contributed by atoms with Crippen LogP contribution in [0, 0.1) is 13.8 Å². The molecule has 25 heavy (non-hydrogen) atoms. The zero-order valence-electron chi connectivity index (χ0n) is 14.3. The molecule has 1 atom stereocenters. The van der Waals surface area contributed by atoms with Crippen molar-refractivity contribution in [3.05, 3.63) is 47.5 Å². The largest absolute Gasteiger partial charge is 0.360 e. The third-order valence-electron chi connectivity index (χ3n) is 4.90. The molecule has 0 bridgehead atoms. The van der Waals surface area contributed by atoms with Crippen LogP contribution in [0.15, 0.2) is 39.8 Å². The molecule has 6 nitrogen and oxygen atoms in total. The van der Waals surface area contributed by atoms with E-state index in [0.717, 1.165) is 35.9 Å². The Hall–Kier alpha value is -2.12. The van der Waals surface area contributed by atoms with Gasteiger partial charge in [0.1, 0.15) is 10.6 Å². The Balaban J connectivity index is 1.79. The standard InChI is InChI=1S/C18H21N3O3S/c1-12-18(13(2)24-20-12)25(22,23)21-10-6-5-9-17(21)16-11-14-7-3-4-8-15(14)19-16/h3-4,7-8,11,17,19H,5-6,9-10H2,1-2H3. The number of piperidine rings is 1. The fourth-order valence-corrected chi connectivity index (χ4v) is 5.71. The second-order valence-corrected chi connectivity index (χ2v) is 8.42. The van der Waals surface area contributed by atoms with Gasteiger partial charge >= 0.3 is 0 Å². The molecule has 1 aromatic carbocycles. The van der Waals surface area contributed by atoms with Crippen LogP contribution in [0.4, 0.5) is 0 Å². The molecule has 1 saturated heterocycles. The average Bonchev–Trinajstić information content (AvgIpc) is 3.18. The number of H-pyrrole nitrogens is 1. The first-order chi connectivity index (χ1) is 12.0. The number of sulfonamides is 1. The van der Waals surface area contributed by atoms with E-state index >= 15 is 0 Å². The van der Waals surface area contributed by atoms with E-state index in [4.69, 9.17) is 4.52 Å². The molecule has 132 valence electrons. The van der Waals surface area contributed by atoms with Crippen molar-refractivity contribution in [3.63, 3.8) is 0 Å². The lowest BCUT2D eigenvalue weighted by atomic mass is 10.0. The summed E-state index contributed by atoms with van der Waals surface area (Å²) in [7, 11) is -3.66. The predicted octanol–water partition coefficient (Wildman–Crippen LogP) is 3.69. The van der Waals surface area contributed by atoms with Gasteiger partial charge in [0.05, 0.1) is 6.04 Å². The van der Waals surface area contributed by atoms with Crippen LogP contribution in [0.25, 0.3) is 10.9 Å². The molecule has 7 heteroatoms. The number of rotatable bonds is 3. The highest BCUT2D eigenvalue weighted by Crippen LogP contribution is 2.37. The molecule has 0 aliphatic carbocycles. The summed E-state index contributed by atoms with van der Waals surface area (Å²) in [5.74, 6) is 0.346. The Morgan fingerprint density at radius 2 is 2.04 bits per heavy atom. The van der Waals surface area contributed by atoms with Gasteiger partial charge in [-0.3, -0.25) is 0 Å². The minimum absolute atomic E-state index is 0.195. The predicted molar refractivity (Wildman–Crippen MR) is 94.8 cm³/mol. The number of aryl methyl sites for hydroxylation is 2. The quantitative estimate of drug-likeness (QED) is 0.773. The van der Waals surface area contributed by atoms with Crippen molar-refractivity contribution in [3.8, 4) is 0 Å².